The molecular formula is C15H20F3N3O. The van der Waals surface area contributed by atoms with E-state index in [0.29, 0.717) is 19.5 Å². The third-order valence-corrected chi connectivity index (χ3v) is 4.07. The normalized spacial score (nSPS) is 21.5. The molecule has 1 atom stereocenters. The van der Waals surface area contributed by atoms with Gasteiger partial charge in [-0.2, -0.15) is 13.2 Å². The molecule has 7 heteroatoms. The van der Waals surface area contributed by atoms with Crippen molar-refractivity contribution < 1.29 is 18.0 Å². The van der Waals surface area contributed by atoms with Gasteiger partial charge in [0.1, 0.15) is 0 Å². The van der Waals surface area contributed by atoms with Gasteiger partial charge in [0.05, 0.1) is 11.3 Å². The maximum absolute atomic E-state index is 12.9. The molecule has 0 aliphatic carbocycles. The highest BCUT2D eigenvalue weighted by atomic mass is 19.4. The van der Waals surface area contributed by atoms with E-state index in [9.17, 15) is 18.0 Å². The SMILES string of the molecule is CC1(C)CN(C(=O)Nc2ccccc2C(F)(F)F)CCC1N. The fourth-order valence-corrected chi connectivity index (χ4v) is 2.58. The Balaban J connectivity index is 2.14. The van der Waals surface area contributed by atoms with Crippen molar-refractivity contribution in [1.29, 1.82) is 0 Å². The Morgan fingerprint density at radius 1 is 1.36 bits per heavy atom. The van der Waals surface area contributed by atoms with E-state index in [2.05, 4.69) is 5.32 Å². The number of carbonyl (C=O) groups excluding carboxylic acids is 1. The first kappa shape index (κ1) is 16.6. The van der Waals surface area contributed by atoms with Crippen LogP contribution in [0.2, 0.25) is 0 Å². The van der Waals surface area contributed by atoms with Crippen LogP contribution >= 0.6 is 0 Å². The molecule has 3 N–H and O–H groups in total. The predicted octanol–water partition coefficient (Wildman–Crippen LogP) is 3.30. The van der Waals surface area contributed by atoms with E-state index in [1.807, 2.05) is 13.8 Å². The van der Waals surface area contributed by atoms with Gasteiger partial charge in [-0.3, -0.25) is 0 Å². The van der Waals surface area contributed by atoms with Crippen molar-refractivity contribution in [2.45, 2.75) is 32.5 Å². The lowest BCUT2D eigenvalue weighted by molar-refractivity contribution is -0.136. The molecule has 1 heterocycles. The summed E-state index contributed by atoms with van der Waals surface area (Å²) in [5.41, 5.74) is 4.66. The second-order valence-corrected chi connectivity index (χ2v) is 6.28. The van der Waals surface area contributed by atoms with Gasteiger partial charge in [-0.1, -0.05) is 26.0 Å². The summed E-state index contributed by atoms with van der Waals surface area (Å²) in [5, 5.41) is 2.37. The minimum absolute atomic E-state index is 0.0287. The number of rotatable bonds is 1. The zero-order valence-corrected chi connectivity index (χ0v) is 12.6. The highest BCUT2D eigenvalue weighted by Crippen LogP contribution is 2.35. The second-order valence-electron chi connectivity index (χ2n) is 6.28. The molecule has 1 aliphatic rings. The third kappa shape index (κ3) is 3.52. The van der Waals surface area contributed by atoms with Crippen LogP contribution in [0.15, 0.2) is 24.3 Å². The molecule has 0 aromatic heterocycles. The minimum Gasteiger partial charge on any atom is -0.327 e. The Labute approximate surface area is 127 Å². The van der Waals surface area contributed by atoms with Crippen LogP contribution in [0.1, 0.15) is 25.8 Å². The van der Waals surface area contributed by atoms with Crippen molar-refractivity contribution in [3.05, 3.63) is 29.8 Å². The highest BCUT2D eigenvalue weighted by Gasteiger charge is 2.37. The Hall–Kier alpha value is -1.76. The number of urea groups is 1. The fraction of sp³-hybridized carbons (Fsp3) is 0.533. The van der Waals surface area contributed by atoms with Crippen molar-refractivity contribution in [2.75, 3.05) is 18.4 Å². The Morgan fingerprint density at radius 3 is 2.59 bits per heavy atom. The van der Waals surface area contributed by atoms with Crippen LogP contribution in [0, 0.1) is 5.41 Å². The monoisotopic (exact) mass is 315 g/mol. The number of hydrogen-bond acceptors (Lipinski definition) is 2. The number of para-hydroxylation sites is 1. The van der Waals surface area contributed by atoms with Gasteiger partial charge >= 0.3 is 12.2 Å². The van der Waals surface area contributed by atoms with Crippen LogP contribution in [0.5, 0.6) is 0 Å². The van der Waals surface area contributed by atoms with Gasteiger partial charge in [-0.25, -0.2) is 4.79 Å². The molecule has 22 heavy (non-hydrogen) atoms. The number of likely N-dealkylation sites (tertiary alicyclic amines) is 1. The number of carbonyl (C=O) groups is 1. The number of anilines is 1. The molecule has 1 aliphatic heterocycles. The lowest BCUT2D eigenvalue weighted by Crippen LogP contribution is -2.54. The smallest absolute Gasteiger partial charge is 0.327 e. The van der Waals surface area contributed by atoms with Gasteiger partial charge in [-0.05, 0) is 24.0 Å². The van der Waals surface area contributed by atoms with E-state index in [1.54, 1.807) is 0 Å². The predicted molar refractivity (Wildman–Crippen MR) is 78.4 cm³/mol. The summed E-state index contributed by atoms with van der Waals surface area (Å²) >= 11 is 0. The highest BCUT2D eigenvalue weighted by molar-refractivity contribution is 5.90. The van der Waals surface area contributed by atoms with Crippen molar-refractivity contribution in [3.8, 4) is 0 Å². The van der Waals surface area contributed by atoms with E-state index < -0.39 is 17.8 Å². The van der Waals surface area contributed by atoms with Gasteiger partial charge in [0, 0.05) is 19.1 Å². The fourth-order valence-electron chi connectivity index (χ4n) is 2.58. The molecule has 1 saturated heterocycles. The molecule has 0 radical (unpaired) electrons. The molecule has 0 saturated carbocycles. The Morgan fingerprint density at radius 2 is 2.00 bits per heavy atom. The molecule has 1 unspecified atom stereocenters. The number of hydrogen-bond donors (Lipinski definition) is 2. The largest absolute Gasteiger partial charge is 0.418 e. The Kier molecular flexibility index (Phi) is 4.37. The summed E-state index contributed by atoms with van der Waals surface area (Å²) in [5.74, 6) is 0. The number of nitrogens with zero attached hydrogens (tertiary/aromatic N) is 1. The van der Waals surface area contributed by atoms with E-state index in [-0.39, 0.29) is 17.1 Å². The average molecular weight is 315 g/mol. The van der Waals surface area contributed by atoms with Crippen LogP contribution in [0.25, 0.3) is 0 Å². The Bertz CT molecular complexity index is 557. The number of benzene rings is 1. The zero-order chi connectivity index (χ0) is 16.5. The van der Waals surface area contributed by atoms with E-state index in [4.69, 9.17) is 5.73 Å². The number of amides is 2. The summed E-state index contributed by atoms with van der Waals surface area (Å²) in [7, 11) is 0. The van der Waals surface area contributed by atoms with Crippen LogP contribution in [0.4, 0.5) is 23.7 Å². The standard InChI is InChI=1S/C15H20F3N3O/c1-14(2)9-21(8-7-12(14)19)13(22)20-11-6-4-3-5-10(11)15(16,17)18/h3-6,12H,7-9,19H2,1-2H3,(H,20,22). The lowest BCUT2D eigenvalue weighted by Gasteiger charge is -2.42. The van der Waals surface area contributed by atoms with Crippen LogP contribution in [-0.4, -0.2) is 30.1 Å². The topological polar surface area (TPSA) is 58.4 Å². The van der Waals surface area contributed by atoms with Crippen LogP contribution in [0.3, 0.4) is 0 Å². The molecule has 0 spiro atoms. The van der Waals surface area contributed by atoms with Crippen LogP contribution in [-0.2, 0) is 6.18 Å². The number of alkyl halides is 3. The molecule has 122 valence electrons. The summed E-state index contributed by atoms with van der Waals surface area (Å²) < 4.78 is 38.8. The maximum atomic E-state index is 12.9. The number of halogens is 3. The molecule has 1 fully saturated rings. The minimum atomic E-state index is -4.51. The van der Waals surface area contributed by atoms with Crippen molar-refractivity contribution in [2.24, 2.45) is 11.1 Å². The molecule has 4 nitrogen and oxygen atoms in total. The van der Waals surface area contributed by atoms with E-state index >= 15 is 0 Å². The summed E-state index contributed by atoms with van der Waals surface area (Å²) in [6.45, 7) is 4.74. The van der Waals surface area contributed by atoms with Crippen LogP contribution < -0.4 is 11.1 Å². The number of piperidine rings is 1. The second kappa shape index (κ2) is 5.79. The van der Waals surface area contributed by atoms with E-state index in [0.717, 1.165) is 6.07 Å². The summed E-state index contributed by atoms with van der Waals surface area (Å²) in [6, 6.07) is 4.39. The zero-order valence-electron chi connectivity index (χ0n) is 12.6. The van der Waals surface area contributed by atoms with Gasteiger partial charge in [0.25, 0.3) is 0 Å². The molecule has 0 bridgehead atoms. The van der Waals surface area contributed by atoms with Crippen molar-refractivity contribution in [1.82, 2.24) is 4.90 Å². The molecular weight excluding hydrogens is 295 g/mol. The molecule has 1 aromatic rings. The van der Waals surface area contributed by atoms with Gasteiger partial charge in [0.2, 0.25) is 0 Å². The first-order chi connectivity index (χ1) is 10.1. The molecule has 2 rings (SSSR count). The average Bonchev–Trinajstić information content (AvgIpc) is 2.41. The number of nitrogens with one attached hydrogen (secondary N) is 1. The quantitative estimate of drug-likeness (QED) is 0.835. The molecule has 2 amide bonds. The number of nitrogens with two attached hydrogens (primary N) is 1. The summed E-state index contributed by atoms with van der Waals surface area (Å²) in [6.07, 6.45) is -3.88. The first-order valence-corrected chi connectivity index (χ1v) is 7.09. The van der Waals surface area contributed by atoms with Crippen molar-refractivity contribution >= 4 is 11.7 Å². The lowest BCUT2D eigenvalue weighted by atomic mass is 9.80. The maximum Gasteiger partial charge on any atom is 0.418 e. The van der Waals surface area contributed by atoms with Gasteiger partial charge in [-0.15, -0.1) is 0 Å². The first-order valence-electron chi connectivity index (χ1n) is 7.09. The summed E-state index contributed by atoms with van der Waals surface area (Å²) in [4.78, 5) is 13.8. The molecule has 1 aromatic carbocycles. The van der Waals surface area contributed by atoms with Crippen molar-refractivity contribution in [3.63, 3.8) is 0 Å². The third-order valence-electron chi connectivity index (χ3n) is 4.07. The van der Waals surface area contributed by atoms with Gasteiger partial charge in [0.15, 0.2) is 0 Å². The van der Waals surface area contributed by atoms with Gasteiger partial charge < -0.3 is 16.0 Å². The van der Waals surface area contributed by atoms with E-state index in [1.165, 1.54) is 23.1 Å².